The molecule has 1 amide bonds. The van der Waals surface area contributed by atoms with Gasteiger partial charge in [-0.05, 0) is 43.4 Å². The van der Waals surface area contributed by atoms with Crippen molar-refractivity contribution in [2.75, 3.05) is 13.1 Å². The van der Waals surface area contributed by atoms with Crippen molar-refractivity contribution in [2.24, 2.45) is 5.92 Å². The number of aryl methyl sites for hydroxylation is 1. The van der Waals surface area contributed by atoms with Crippen LogP contribution in [0, 0.1) is 5.92 Å². The van der Waals surface area contributed by atoms with Crippen LogP contribution in [0.3, 0.4) is 0 Å². The minimum atomic E-state index is 0.0216. The summed E-state index contributed by atoms with van der Waals surface area (Å²) in [6.07, 6.45) is 9.52. The Morgan fingerprint density at radius 2 is 2.29 bits per heavy atom. The fourth-order valence-electron chi connectivity index (χ4n) is 3.00. The third kappa shape index (κ3) is 3.69. The van der Waals surface area contributed by atoms with Crippen LogP contribution in [0.25, 0.3) is 6.08 Å². The molecule has 1 unspecified atom stereocenters. The number of nitrogens with zero attached hydrogens (tertiary/aromatic N) is 5. The maximum absolute atomic E-state index is 12.6. The summed E-state index contributed by atoms with van der Waals surface area (Å²) in [7, 11) is 0. The van der Waals surface area contributed by atoms with Crippen LogP contribution in [0.2, 0.25) is 0 Å². The fraction of sp³-hybridized carbons (Fsp3) is 0.444. The van der Waals surface area contributed by atoms with Gasteiger partial charge in [-0.1, -0.05) is 24.3 Å². The van der Waals surface area contributed by atoms with Gasteiger partial charge >= 0.3 is 0 Å². The molecule has 2 aromatic rings. The Kier molecular flexibility index (Phi) is 5.03. The van der Waals surface area contributed by atoms with E-state index in [4.69, 9.17) is 0 Å². The highest BCUT2D eigenvalue weighted by molar-refractivity contribution is 5.92. The molecule has 6 nitrogen and oxygen atoms in total. The summed E-state index contributed by atoms with van der Waals surface area (Å²) in [5.41, 5.74) is 2.54. The van der Waals surface area contributed by atoms with Gasteiger partial charge in [-0.3, -0.25) is 14.5 Å². The molecule has 0 bridgehead atoms. The molecule has 0 radical (unpaired) electrons. The summed E-state index contributed by atoms with van der Waals surface area (Å²) in [5, 5.41) is 8.25. The van der Waals surface area contributed by atoms with Crippen molar-refractivity contribution in [3.8, 4) is 0 Å². The Hall–Kier alpha value is -2.50. The van der Waals surface area contributed by atoms with Gasteiger partial charge in [-0.15, -0.1) is 5.10 Å². The van der Waals surface area contributed by atoms with Crippen LogP contribution in [0.1, 0.15) is 42.0 Å². The summed E-state index contributed by atoms with van der Waals surface area (Å²) in [4.78, 5) is 18.7. The quantitative estimate of drug-likeness (QED) is 0.847. The average Bonchev–Trinajstić information content (AvgIpc) is 3.25. The van der Waals surface area contributed by atoms with Gasteiger partial charge in [0.1, 0.15) is 11.4 Å². The van der Waals surface area contributed by atoms with Gasteiger partial charge in [-0.25, -0.2) is 0 Å². The molecule has 1 fully saturated rings. The molecule has 0 N–H and O–H groups in total. The van der Waals surface area contributed by atoms with Crippen LogP contribution in [0.4, 0.5) is 0 Å². The van der Waals surface area contributed by atoms with Gasteiger partial charge in [0.25, 0.3) is 5.91 Å². The number of amides is 1. The molecule has 0 saturated carbocycles. The number of allylic oxidation sites excluding steroid dienone is 1. The van der Waals surface area contributed by atoms with Crippen LogP contribution in [0.5, 0.6) is 0 Å². The van der Waals surface area contributed by atoms with Gasteiger partial charge in [0.2, 0.25) is 0 Å². The van der Waals surface area contributed by atoms with E-state index >= 15 is 0 Å². The van der Waals surface area contributed by atoms with E-state index in [2.05, 4.69) is 22.2 Å². The second kappa shape index (κ2) is 7.38. The topological polar surface area (TPSA) is 63.9 Å². The van der Waals surface area contributed by atoms with Gasteiger partial charge in [0.15, 0.2) is 0 Å². The van der Waals surface area contributed by atoms with E-state index in [9.17, 15) is 4.79 Å². The van der Waals surface area contributed by atoms with Crippen molar-refractivity contribution in [1.82, 2.24) is 24.9 Å². The first-order valence-electron chi connectivity index (χ1n) is 8.46. The first kappa shape index (κ1) is 16.4. The first-order chi connectivity index (χ1) is 11.7. The Balaban J connectivity index is 1.58. The third-order valence-corrected chi connectivity index (χ3v) is 4.36. The van der Waals surface area contributed by atoms with Crippen molar-refractivity contribution in [1.29, 1.82) is 0 Å². The average molecular weight is 325 g/mol. The molecule has 24 heavy (non-hydrogen) atoms. The maximum Gasteiger partial charge on any atom is 0.272 e. The van der Waals surface area contributed by atoms with Crippen LogP contribution >= 0.6 is 0 Å². The van der Waals surface area contributed by atoms with Crippen molar-refractivity contribution < 1.29 is 4.79 Å². The highest BCUT2D eigenvalue weighted by Crippen LogP contribution is 2.20. The zero-order valence-corrected chi connectivity index (χ0v) is 14.2. The number of carbonyl (C=O) groups is 1. The molecular formula is C18H23N5O. The number of carbonyl (C=O) groups excluding carboxylic acids is 1. The summed E-state index contributed by atoms with van der Waals surface area (Å²) >= 11 is 0. The summed E-state index contributed by atoms with van der Waals surface area (Å²) in [5.74, 6) is 0.428. The summed E-state index contributed by atoms with van der Waals surface area (Å²) in [6, 6.07) is 3.81. The van der Waals surface area contributed by atoms with E-state index in [0.29, 0.717) is 11.6 Å². The lowest BCUT2D eigenvalue weighted by atomic mass is 10.1. The Labute approximate surface area is 142 Å². The molecule has 1 saturated heterocycles. The van der Waals surface area contributed by atoms with E-state index in [0.717, 1.165) is 43.7 Å². The highest BCUT2D eigenvalue weighted by Gasteiger charge is 2.28. The van der Waals surface area contributed by atoms with Crippen LogP contribution < -0.4 is 0 Å². The normalized spacial score (nSPS) is 17.8. The number of aromatic nitrogens is 4. The molecule has 0 aliphatic carbocycles. The lowest BCUT2D eigenvalue weighted by molar-refractivity contribution is 0.0780. The standard InChI is InChI=1S/C18H23N5O/c1-3-5-16-13-23(21-20-16)12-15-8-9-22(11-15)18(24)17-7-6-14(4-2)10-19-17/h3,5-7,10,13,15H,4,8-9,11-12H2,1-2H3/b5-3+. The lowest BCUT2D eigenvalue weighted by Crippen LogP contribution is -2.30. The van der Waals surface area contributed by atoms with E-state index in [1.807, 2.05) is 47.0 Å². The van der Waals surface area contributed by atoms with Crippen molar-refractivity contribution in [3.05, 3.63) is 47.6 Å². The third-order valence-electron chi connectivity index (χ3n) is 4.36. The molecule has 3 rings (SSSR count). The SMILES string of the molecule is C/C=C/c1cn(CC2CCN(C(=O)c3ccc(CC)cn3)C2)nn1. The molecule has 1 atom stereocenters. The van der Waals surface area contributed by atoms with E-state index in [1.165, 1.54) is 0 Å². The molecule has 6 heteroatoms. The largest absolute Gasteiger partial charge is 0.337 e. The predicted molar refractivity (Wildman–Crippen MR) is 92.4 cm³/mol. The van der Waals surface area contributed by atoms with Gasteiger partial charge in [0.05, 0.1) is 6.20 Å². The number of pyridine rings is 1. The Morgan fingerprint density at radius 1 is 1.42 bits per heavy atom. The van der Waals surface area contributed by atoms with Gasteiger partial charge < -0.3 is 4.90 Å². The van der Waals surface area contributed by atoms with Crippen LogP contribution in [-0.4, -0.2) is 43.9 Å². The lowest BCUT2D eigenvalue weighted by Gasteiger charge is -2.16. The monoisotopic (exact) mass is 325 g/mol. The minimum absolute atomic E-state index is 0.0216. The van der Waals surface area contributed by atoms with Gasteiger partial charge in [0, 0.05) is 25.8 Å². The van der Waals surface area contributed by atoms with E-state index in [1.54, 1.807) is 6.20 Å². The zero-order chi connectivity index (χ0) is 16.9. The first-order valence-corrected chi connectivity index (χ1v) is 8.46. The number of rotatable bonds is 5. The molecule has 1 aliphatic rings. The Morgan fingerprint density at radius 3 is 3.00 bits per heavy atom. The van der Waals surface area contributed by atoms with Crippen LogP contribution in [0.15, 0.2) is 30.6 Å². The predicted octanol–water partition coefficient (Wildman–Crippen LogP) is 2.43. The van der Waals surface area contributed by atoms with Crippen molar-refractivity contribution in [3.63, 3.8) is 0 Å². The summed E-state index contributed by atoms with van der Waals surface area (Å²) in [6.45, 7) is 6.35. The molecule has 3 heterocycles. The minimum Gasteiger partial charge on any atom is -0.337 e. The van der Waals surface area contributed by atoms with Gasteiger partial charge in [-0.2, -0.15) is 0 Å². The number of hydrogen-bond acceptors (Lipinski definition) is 4. The van der Waals surface area contributed by atoms with E-state index < -0.39 is 0 Å². The molecule has 1 aliphatic heterocycles. The smallest absolute Gasteiger partial charge is 0.272 e. The van der Waals surface area contributed by atoms with E-state index in [-0.39, 0.29) is 5.91 Å². The second-order valence-electron chi connectivity index (χ2n) is 6.18. The number of hydrogen-bond donors (Lipinski definition) is 0. The maximum atomic E-state index is 12.6. The Bertz CT molecular complexity index is 719. The summed E-state index contributed by atoms with van der Waals surface area (Å²) < 4.78 is 1.86. The molecule has 126 valence electrons. The molecular weight excluding hydrogens is 302 g/mol. The molecule has 0 aromatic carbocycles. The van der Waals surface area contributed by atoms with Crippen molar-refractivity contribution >= 4 is 12.0 Å². The fourth-order valence-corrected chi connectivity index (χ4v) is 3.00. The number of likely N-dealkylation sites (tertiary alicyclic amines) is 1. The zero-order valence-electron chi connectivity index (χ0n) is 14.2. The second-order valence-corrected chi connectivity index (χ2v) is 6.18. The molecule has 2 aromatic heterocycles. The molecule has 0 spiro atoms. The van der Waals surface area contributed by atoms with Crippen LogP contribution in [-0.2, 0) is 13.0 Å². The van der Waals surface area contributed by atoms with Crippen molar-refractivity contribution in [2.45, 2.75) is 33.2 Å². The highest BCUT2D eigenvalue weighted by atomic mass is 16.2.